The predicted molar refractivity (Wildman–Crippen MR) is 75.5 cm³/mol. The number of nitrogens with one attached hydrogen (secondary N) is 1. The van der Waals surface area contributed by atoms with Crippen LogP contribution in [-0.4, -0.2) is 50.3 Å². The Morgan fingerprint density at radius 1 is 1.29 bits per heavy atom. The molecule has 0 heterocycles. The Morgan fingerprint density at radius 3 is 2.47 bits per heavy atom. The fraction of sp³-hybridized carbons (Fsp3) is 1.00. The number of hydrogen-bond acceptors (Lipinski definition) is 3. The summed E-state index contributed by atoms with van der Waals surface area (Å²) in [5, 5.41) is 3.46. The van der Waals surface area contributed by atoms with Crippen molar-refractivity contribution in [2.45, 2.75) is 46.6 Å². The van der Waals surface area contributed by atoms with E-state index in [1.54, 1.807) is 0 Å². The van der Waals surface area contributed by atoms with Crippen molar-refractivity contribution in [2.75, 3.05) is 39.8 Å². The summed E-state index contributed by atoms with van der Waals surface area (Å²) in [6.45, 7) is 16.0. The molecule has 17 heavy (non-hydrogen) atoms. The highest BCUT2D eigenvalue weighted by molar-refractivity contribution is 4.72. The van der Waals surface area contributed by atoms with E-state index in [1.165, 1.54) is 0 Å². The summed E-state index contributed by atoms with van der Waals surface area (Å²) in [5.74, 6) is 0.719. The SMILES string of the molecule is CCN(C)CCNCC(C)(C)OCCC(C)C. The lowest BCUT2D eigenvalue weighted by Gasteiger charge is -2.27. The van der Waals surface area contributed by atoms with E-state index in [4.69, 9.17) is 4.74 Å². The molecule has 0 spiro atoms. The molecule has 0 saturated carbocycles. The maximum absolute atomic E-state index is 5.90. The minimum Gasteiger partial charge on any atom is -0.374 e. The van der Waals surface area contributed by atoms with Gasteiger partial charge >= 0.3 is 0 Å². The normalized spacial score (nSPS) is 12.7. The summed E-state index contributed by atoms with van der Waals surface area (Å²) in [6, 6.07) is 0. The topological polar surface area (TPSA) is 24.5 Å². The fourth-order valence-electron chi connectivity index (χ4n) is 1.44. The van der Waals surface area contributed by atoms with Crippen LogP contribution in [0.1, 0.15) is 41.0 Å². The number of ether oxygens (including phenoxy) is 1. The van der Waals surface area contributed by atoms with Crippen LogP contribution in [0.25, 0.3) is 0 Å². The Labute approximate surface area is 108 Å². The molecular formula is C14H32N2O. The molecule has 3 nitrogen and oxygen atoms in total. The molecule has 0 unspecified atom stereocenters. The Bertz CT molecular complexity index is 181. The standard InChI is InChI=1S/C14H32N2O/c1-7-16(6)10-9-15-12-14(4,5)17-11-8-13(2)3/h13,15H,7-12H2,1-6H3. The third kappa shape index (κ3) is 10.7. The maximum Gasteiger partial charge on any atom is 0.0750 e. The van der Waals surface area contributed by atoms with Crippen LogP contribution in [0.3, 0.4) is 0 Å². The summed E-state index contributed by atoms with van der Waals surface area (Å²) in [6.07, 6.45) is 1.14. The Kier molecular flexibility index (Phi) is 8.83. The van der Waals surface area contributed by atoms with Gasteiger partial charge in [0.05, 0.1) is 5.60 Å². The molecule has 104 valence electrons. The molecule has 0 saturated heterocycles. The molecule has 0 radical (unpaired) electrons. The maximum atomic E-state index is 5.90. The third-order valence-electron chi connectivity index (χ3n) is 2.95. The van der Waals surface area contributed by atoms with Gasteiger partial charge in [0, 0.05) is 26.2 Å². The van der Waals surface area contributed by atoms with Crippen molar-refractivity contribution >= 4 is 0 Å². The second-order valence-corrected chi connectivity index (χ2v) is 5.86. The van der Waals surface area contributed by atoms with E-state index in [-0.39, 0.29) is 5.60 Å². The second kappa shape index (κ2) is 8.90. The zero-order valence-electron chi connectivity index (χ0n) is 12.7. The molecule has 0 aromatic rings. The first kappa shape index (κ1) is 16.9. The minimum atomic E-state index is -0.0559. The zero-order valence-corrected chi connectivity index (χ0v) is 12.7. The summed E-state index contributed by atoms with van der Waals surface area (Å²) in [5.41, 5.74) is -0.0559. The van der Waals surface area contributed by atoms with Gasteiger partial charge in [-0.3, -0.25) is 0 Å². The number of rotatable bonds is 10. The molecule has 0 amide bonds. The largest absolute Gasteiger partial charge is 0.374 e. The van der Waals surface area contributed by atoms with Gasteiger partial charge in [-0.2, -0.15) is 0 Å². The van der Waals surface area contributed by atoms with Gasteiger partial charge in [0.25, 0.3) is 0 Å². The van der Waals surface area contributed by atoms with Gasteiger partial charge in [0.2, 0.25) is 0 Å². The van der Waals surface area contributed by atoms with Crippen LogP contribution in [0.15, 0.2) is 0 Å². The molecule has 0 rings (SSSR count). The highest BCUT2D eigenvalue weighted by Crippen LogP contribution is 2.10. The molecule has 0 aliphatic rings. The summed E-state index contributed by atoms with van der Waals surface area (Å²) in [4.78, 5) is 2.31. The molecule has 0 atom stereocenters. The lowest BCUT2D eigenvalue weighted by atomic mass is 10.1. The van der Waals surface area contributed by atoms with Crippen molar-refractivity contribution in [1.82, 2.24) is 10.2 Å². The van der Waals surface area contributed by atoms with Gasteiger partial charge < -0.3 is 15.0 Å². The molecule has 0 fully saturated rings. The van der Waals surface area contributed by atoms with Crippen LogP contribution in [0, 0.1) is 5.92 Å². The van der Waals surface area contributed by atoms with Gasteiger partial charge in [0.15, 0.2) is 0 Å². The van der Waals surface area contributed by atoms with E-state index in [2.05, 4.69) is 51.9 Å². The summed E-state index contributed by atoms with van der Waals surface area (Å²) < 4.78 is 5.90. The lowest BCUT2D eigenvalue weighted by Crippen LogP contribution is -2.40. The quantitative estimate of drug-likeness (QED) is 0.597. The van der Waals surface area contributed by atoms with Gasteiger partial charge in [-0.25, -0.2) is 0 Å². The van der Waals surface area contributed by atoms with E-state index in [9.17, 15) is 0 Å². The van der Waals surface area contributed by atoms with E-state index in [0.717, 1.165) is 45.1 Å². The first-order chi connectivity index (χ1) is 7.87. The van der Waals surface area contributed by atoms with E-state index in [1.807, 2.05) is 0 Å². The first-order valence-corrected chi connectivity index (χ1v) is 6.90. The van der Waals surface area contributed by atoms with Gasteiger partial charge in [-0.1, -0.05) is 20.8 Å². The van der Waals surface area contributed by atoms with Crippen molar-refractivity contribution in [1.29, 1.82) is 0 Å². The predicted octanol–water partition coefficient (Wildman–Crippen LogP) is 2.37. The molecular weight excluding hydrogens is 212 g/mol. The fourth-order valence-corrected chi connectivity index (χ4v) is 1.44. The third-order valence-corrected chi connectivity index (χ3v) is 2.95. The summed E-state index contributed by atoms with van der Waals surface area (Å²) in [7, 11) is 2.14. The molecule has 0 aliphatic carbocycles. The first-order valence-electron chi connectivity index (χ1n) is 6.90. The Balaban J connectivity index is 3.56. The van der Waals surface area contributed by atoms with Crippen molar-refractivity contribution in [3.8, 4) is 0 Å². The van der Waals surface area contributed by atoms with E-state index >= 15 is 0 Å². The molecule has 0 aromatic heterocycles. The molecule has 0 aliphatic heterocycles. The van der Waals surface area contributed by atoms with Crippen molar-refractivity contribution in [3.05, 3.63) is 0 Å². The van der Waals surface area contributed by atoms with E-state index in [0.29, 0.717) is 0 Å². The van der Waals surface area contributed by atoms with Gasteiger partial charge in [-0.05, 0) is 39.8 Å². The number of hydrogen-bond donors (Lipinski definition) is 1. The van der Waals surface area contributed by atoms with Crippen LogP contribution < -0.4 is 5.32 Å². The number of likely N-dealkylation sites (N-methyl/N-ethyl adjacent to an activating group) is 1. The highest BCUT2D eigenvalue weighted by Gasteiger charge is 2.17. The zero-order chi connectivity index (χ0) is 13.3. The van der Waals surface area contributed by atoms with Crippen LogP contribution in [0.5, 0.6) is 0 Å². The molecule has 0 bridgehead atoms. The van der Waals surface area contributed by atoms with Crippen LogP contribution >= 0.6 is 0 Å². The average molecular weight is 244 g/mol. The number of nitrogens with zero attached hydrogens (tertiary/aromatic N) is 1. The minimum absolute atomic E-state index is 0.0559. The average Bonchev–Trinajstić information content (AvgIpc) is 2.23. The molecule has 1 N–H and O–H groups in total. The van der Waals surface area contributed by atoms with Crippen LogP contribution in [0.2, 0.25) is 0 Å². The smallest absolute Gasteiger partial charge is 0.0750 e. The van der Waals surface area contributed by atoms with Crippen molar-refractivity contribution in [2.24, 2.45) is 5.92 Å². The Morgan fingerprint density at radius 2 is 1.94 bits per heavy atom. The van der Waals surface area contributed by atoms with Crippen LogP contribution in [-0.2, 0) is 4.74 Å². The summed E-state index contributed by atoms with van der Waals surface area (Å²) >= 11 is 0. The van der Waals surface area contributed by atoms with E-state index < -0.39 is 0 Å². The monoisotopic (exact) mass is 244 g/mol. The second-order valence-electron chi connectivity index (χ2n) is 5.86. The van der Waals surface area contributed by atoms with Crippen molar-refractivity contribution in [3.63, 3.8) is 0 Å². The highest BCUT2D eigenvalue weighted by atomic mass is 16.5. The molecule has 0 aromatic carbocycles. The van der Waals surface area contributed by atoms with Gasteiger partial charge in [-0.15, -0.1) is 0 Å². The lowest BCUT2D eigenvalue weighted by molar-refractivity contribution is -0.0208. The Hall–Kier alpha value is -0.120. The van der Waals surface area contributed by atoms with Crippen LogP contribution in [0.4, 0.5) is 0 Å². The van der Waals surface area contributed by atoms with Gasteiger partial charge in [0.1, 0.15) is 0 Å². The van der Waals surface area contributed by atoms with Crippen molar-refractivity contribution < 1.29 is 4.74 Å². The molecule has 3 heteroatoms.